The van der Waals surface area contributed by atoms with Crippen LogP contribution in [-0.2, 0) is 14.9 Å². The molecule has 7 nitrogen and oxygen atoms in total. The number of fused-ring (bicyclic) bond motifs is 5. The number of hydrogen-bond acceptors (Lipinski definition) is 6. The summed E-state index contributed by atoms with van der Waals surface area (Å²) in [5.74, 6) is 2.03. The van der Waals surface area contributed by atoms with Gasteiger partial charge in [0.2, 0.25) is 5.91 Å². The summed E-state index contributed by atoms with van der Waals surface area (Å²) in [4.78, 5) is 13.9. The molecule has 0 heterocycles. The number of aliphatic hydroxyl groups excluding tert-OH is 2. The van der Waals surface area contributed by atoms with Gasteiger partial charge in [-0.15, -0.1) is 0 Å². The molecule has 0 aromatic heterocycles. The number of hydrogen-bond donors (Lipinski definition) is 2. The van der Waals surface area contributed by atoms with E-state index < -0.39 is 15.9 Å². The van der Waals surface area contributed by atoms with E-state index in [4.69, 9.17) is 0 Å². The maximum atomic E-state index is 12.5. The van der Waals surface area contributed by atoms with Crippen LogP contribution in [0.5, 0.6) is 0 Å². The van der Waals surface area contributed by atoms with E-state index in [0.29, 0.717) is 41.9 Å². The Labute approximate surface area is 260 Å². The van der Waals surface area contributed by atoms with Crippen molar-refractivity contribution in [1.29, 1.82) is 0 Å². The van der Waals surface area contributed by atoms with E-state index in [1.54, 1.807) is 7.05 Å². The van der Waals surface area contributed by atoms with E-state index in [-0.39, 0.29) is 86.9 Å². The van der Waals surface area contributed by atoms with Crippen molar-refractivity contribution in [3.8, 4) is 0 Å². The number of amides is 1. The Kier molecular flexibility index (Phi) is 10.3. The molecule has 0 aromatic carbocycles. The number of aliphatic hydroxyl groups is 2. The van der Waals surface area contributed by atoms with E-state index >= 15 is 0 Å². The molecule has 4 aliphatic rings. The quantitative estimate of drug-likeness (QED) is 0.349. The van der Waals surface area contributed by atoms with Gasteiger partial charge < -0.3 is 19.7 Å². The first-order valence-electron chi connectivity index (χ1n) is 13.8. The minimum atomic E-state index is -4.32. The van der Waals surface area contributed by atoms with Crippen molar-refractivity contribution < 1.29 is 79.4 Å². The fraction of sp³-hybridized carbons (Fsp3) is 0.963. The van der Waals surface area contributed by atoms with Gasteiger partial charge in [0.1, 0.15) is 0 Å². The zero-order valence-electron chi connectivity index (χ0n) is 23.0. The number of carbonyl (C=O) groups is 1. The Morgan fingerprint density at radius 2 is 1.69 bits per heavy atom. The van der Waals surface area contributed by atoms with E-state index in [9.17, 15) is 28.0 Å². The van der Waals surface area contributed by atoms with Crippen molar-refractivity contribution in [3.05, 3.63) is 0 Å². The second kappa shape index (κ2) is 11.8. The van der Waals surface area contributed by atoms with Crippen LogP contribution < -0.4 is 51.4 Å². The molecule has 9 heteroatoms. The van der Waals surface area contributed by atoms with Crippen molar-refractivity contribution >= 4 is 16.0 Å². The standard InChI is InChI=1S/C27H47NO6S.K/c1-17(5-8-24(31)28(4)13-14-35(32,33)34)20-6-7-21-25-22(10-12-27(20,21)3)26(2)11-9-19(29)15-18(26)16-23(25)30;/h17-23,25,29-30H,5-16H2,1-4H3,(H,32,33,34);/q;+1/p-1/t17-,18?,19-,20-,21?,22?,23-,25?,26+,27-;/m1./s1. The van der Waals surface area contributed by atoms with Crippen molar-refractivity contribution in [2.45, 2.75) is 97.2 Å². The molecule has 202 valence electrons. The van der Waals surface area contributed by atoms with Gasteiger partial charge in [-0.1, -0.05) is 20.8 Å². The molecule has 36 heavy (non-hydrogen) atoms. The zero-order valence-corrected chi connectivity index (χ0v) is 26.9. The van der Waals surface area contributed by atoms with Gasteiger partial charge in [0.25, 0.3) is 0 Å². The molecule has 0 bridgehead atoms. The van der Waals surface area contributed by atoms with Gasteiger partial charge in [-0.25, -0.2) is 8.42 Å². The van der Waals surface area contributed by atoms with Crippen molar-refractivity contribution in [3.63, 3.8) is 0 Å². The van der Waals surface area contributed by atoms with Crippen molar-refractivity contribution in [1.82, 2.24) is 4.90 Å². The second-order valence-electron chi connectivity index (χ2n) is 13.0. The van der Waals surface area contributed by atoms with Gasteiger partial charge in [0, 0.05) is 20.0 Å². The van der Waals surface area contributed by atoms with E-state index in [1.807, 2.05) is 0 Å². The fourth-order valence-electron chi connectivity index (χ4n) is 9.29. The van der Waals surface area contributed by atoms with Gasteiger partial charge in [0.05, 0.1) is 28.1 Å². The molecule has 0 saturated heterocycles. The smallest absolute Gasteiger partial charge is 0.748 e. The Balaban J connectivity index is 0.00000361. The summed E-state index contributed by atoms with van der Waals surface area (Å²) in [6.45, 7) is 7.06. The van der Waals surface area contributed by atoms with Crippen molar-refractivity contribution in [2.24, 2.45) is 46.3 Å². The molecule has 2 N–H and O–H groups in total. The first-order chi connectivity index (χ1) is 16.3. The van der Waals surface area contributed by atoms with E-state index in [2.05, 4.69) is 20.8 Å². The van der Waals surface area contributed by atoms with Crippen LogP contribution in [0.2, 0.25) is 0 Å². The van der Waals surface area contributed by atoms with Crippen LogP contribution in [-0.4, -0.2) is 65.5 Å². The van der Waals surface area contributed by atoms with Gasteiger partial charge in [-0.2, -0.15) is 0 Å². The number of rotatable bonds is 7. The van der Waals surface area contributed by atoms with Gasteiger partial charge in [0.15, 0.2) is 0 Å². The SMILES string of the molecule is C[C@H](CCC(=O)N(C)CCS(=O)(=O)[O-])[C@H]1CCC2C3C(CC[C@@]21C)[C@@]1(C)CC[C@@H](O)CC1C[C@H]3O.[K+]. The molecule has 4 fully saturated rings. The third kappa shape index (κ3) is 6.14. The summed E-state index contributed by atoms with van der Waals surface area (Å²) in [5, 5.41) is 21.7. The van der Waals surface area contributed by atoms with E-state index in [0.717, 1.165) is 51.4 Å². The summed E-state index contributed by atoms with van der Waals surface area (Å²) in [7, 11) is -2.76. The topological polar surface area (TPSA) is 118 Å². The first-order valence-corrected chi connectivity index (χ1v) is 15.4. The second-order valence-corrected chi connectivity index (χ2v) is 14.6. The van der Waals surface area contributed by atoms with Crippen LogP contribution in [0, 0.1) is 46.3 Å². The Morgan fingerprint density at radius 3 is 2.36 bits per heavy atom. The summed E-state index contributed by atoms with van der Waals surface area (Å²) in [5.41, 5.74) is 0.396. The Hall–Kier alpha value is 0.936. The van der Waals surface area contributed by atoms with Crippen LogP contribution in [0.1, 0.15) is 85.0 Å². The molecule has 0 spiro atoms. The molecule has 0 aromatic rings. The normalized spacial score (nSPS) is 42.9. The predicted molar refractivity (Wildman–Crippen MR) is 133 cm³/mol. The maximum absolute atomic E-state index is 12.5. The summed E-state index contributed by atoms with van der Waals surface area (Å²) >= 11 is 0. The number of carbonyl (C=O) groups excluding carboxylic acids is 1. The average molecular weight is 552 g/mol. The Bertz CT molecular complexity index is 901. The van der Waals surface area contributed by atoms with Crippen LogP contribution >= 0.6 is 0 Å². The molecule has 4 aliphatic carbocycles. The minimum absolute atomic E-state index is 0. The molecule has 10 atom stereocenters. The van der Waals surface area contributed by atoms with Gasteiger partial charge in [-0.3, -0.25) is 4.79 Å². The molecule has 0 radical (unpaired) electrons. The summed E-state index contributed by atoms with van der Waals surface area (Å²) in [6.07, 6.45) is 8.83. The van der Waals surface area contributed by atoms with Crippen LogP contribution in [0.4, 0.5) is 0 Å². The molecule has 4 unspecified atom stereocenters. The summed E-state index contributed by atoms with van der Waals surface area (Å²) in [6, 6.07) is 0. The first kappa shape index (κ1) is 31.5. The van der Waals surface area contributed by atoms with Gasteiger partial charge >= 0.3 is 51.4 Å². The van der Waals surface area contributed by atoms with Crippen molar-refractivity contribution in [2.75, 3.05) is 19.3 Å². The van der Waals surface area contributed by atoms with Crippen LogP contribution in [0.15, 0.2) is 0 Å². The van der Waals surface area contributed by atoms with Crippen LogP contribution in [0.3, 0.4) is 0 Å². The maximum Gasteiger partial charge on any atom is 1.00 e. The zero-order chi connectivity index (χ0) is 25.8. The molecular weight excluding hydrogens is 505 g/mol. The summed E-state index contributed by atoms with van der Waals surface area (Å²) < 4.78 is 32.6. The third-order valence-electron chi connectivity index (χ3n) is 11.3. The van der Waals surface area contributed by atoms with Crippen LogP contribution in [0.25, 0.3) is 0 Å². The average Bonchev–Trinajstić information content (AvgIpc) is 3.13. The molecule has 4 saturated carbocycles. The molecule has 1 amide bonds. The largest absolute Gasteiger partial charge is 1.00 e. The third-order valence-corrected chi connectivity index (χ3v) is 12.0. The molecular formula is C27H46KNO6S. The predicted octanol–water partition coefficient (Wildman–Crippen LogP) is 0.401. The Morgan fingerprint density at radius 1 is 1.06 bits per heavy atom. The molecule has 0 aliphatic heterocycles. The number of nitrogens with zero attached hydrogens (tertiary/aromatic N) is 1. The monoisotopic (exact) mass is 551 g/mol. The minimum Gasteiger partial charge on any atom is -0.748 e. The molecule has 4 rings (SSSR count). The van der Waals surface area contributed by atoms with E-state index in [1.165, 1.54) is 11.3 Å². The van der Waals surface area contributed by atoms with Gasteiger partial charge in [-0.05, 0) is 104 Å². The fourth-order valence-corrected chi connectivity index (χ4v) is 9.79.